The number of rotatable bonds is 6. The van der Waals surface area contributed by atoms with Crippen molar-refractivity contribution >= 4 is 5.91 Å². The van der Waals surface area contributed by atoms with Crippen molar-refractivity contribution in [2.45, 2.75) is 25.8 Å². The molecule has 0 fully saturated rings. The summed E-state index contributed by atoms with van der Waals surface area (Å²) >= 11 is 0. The third-order valence-corrected chi connectivity index (χ3v) is 3.51. The number of hydrogen-bond donors (Lipinski definition) is 1. The smallest absolute Gasteiger partial charge is 0.220 e. The fourth-order valence-corrected chi connectivity index (χ4v) is 2.19. The van der Waals surface area contributed by atoms with Gasteiger partial charge in [0.25, 0.3) is 0 Å². The van der Waals surface area contributed by atoms with Crippen molar-refractivity contribution in [3.05, 3.63) is 65.7 Å². The van der Waals surface area contributed by atoms with Crippen molar-refractivity contribution in [2.75, 3.05) is 7.11 Å². The minimum absolute atomic E-state index is 0.0715. The summed E-state index contributed by atoms with van der Waals surface area (Å²) in [5, 5.41) is 2.96. The zero-order valence-electron chi connectivity index (χ0n) is 12.5. The summed E-state index contributed by atoms with van der Waals surface area (Å²) in [5.41, 5.74) is 2.26. The van der Waals surface area contributed by atoms with Gasteiger partial charge in [0, 0.05) is 13.0 Å². The van der Waals surface area contributed by atoms with Gasteiger partial charge in [-0.05, 0) is 29.2 Å². The van der Waals surface area contributed by atoms with Gasteiger partial charge in [-0.25, -0.2) is 0 Å². The highest BCUT2D eigenvalue weighted by molar-refractivity contribution is 5.76. The lowest BCUT2D eigenvalue weighted by Gasteiger charge is -2.12. The van der Waals surface area contributed by atoms with Crippen LogP contribution in [0.4, 0.5) is 0 Å². The molecule has 0 spiro atoms. The number of carbonyl (C=O) groups is 1. The molecule has 1 N–H and O–H groups in total. The van der Waals surface area contributed by atoms with E-state index in [9.17, 15) is 4.79 Å². The summed E-state index contributed by atoms with van der Waals surface area (Å²) in [5.74, 6) is 1.12. The van der Waals surface area contributed by atoms with E-state index < -0.39 is 0 Å². The summed E-state index contributed by atoms with van der Waals surface area (Å²) in [6, 6.07) is 17.8. The van der Waals surface area contributed by atoms with Crippen LogP contribution >= 0.6 is 0 Å². The Morgan fingerprint density at radius 1 is 1.10 bits per heavy atom. The monoisotopic (exact) mass is 283 g/mol. The van der Waals surface area contributed by atoms with E-state index in [0.717, 1.165) is 11.3 Å². The normalized spacial score (nSPS) is 11.7. The average molecular weight is 283 g/mol. The Hall–Kier alpha value is -2.29. The van der Waals surface area contributed by atoms with Gasteiger partial charge in [0.15, 0.2) is 0 Å². The summed E-state index contributed by atoms with van der Waals surface area (Å²) in [7, 11) is 1.64. The molecule has 0 radical (unpaired) electrons. The fraction of sp³-hybridized carbons (Fsp3) is 0.278. The molecule has 0 saturated heterocycles. The molecule has 0 aliphatic heterocycles. The van der Waals surface area contributed by atoms with E-state index >= 15 is 0 Å². The number of nitrogens with one attached hydrogen (secondary N) is 1. The summed E-state index contributed by atoms with van der Waals surface area (Å²) < 4.78 is 5.11. The molecule has 0 aromatic heterocycles. The minimum atomic E-state index is 0.0715. The topological polar surface area (TPSA) is 38.3 Å². The van der Waals surface area contributed by atoms with E-state index in [2.05, 4.69) is 24.4 Å². The molecule has 2 aromatic rings. The van der Waals surface area contributed by atoms with Gasteiger partial charge < -0.3 is 10.1 Å². The second-order valence-electron chi connectivity index (χ2n) is 5.14. The standard InChI is InChI=1S/C18H21NO2/c1-14(16-6-4-3-5-7-16)12-18(20)19-13-15-8-10-17(21-2)11-9-15/h3-11,14H,12-13H2,1-2H3,(H,19,20)/t14-/m0/s1. The molecule has 3 nitrogen and oxygen atoms in total. The van der Waals surface area contributed by atoms with Gasteiger partial charge in [-0.15, -0.1) is 0 Å². The van der Waals surface area contributed by atoms with Gasteiger partial charge in [0.1, 0.15) is 5.75 Å². The lowest BCUT2D eigenvalue weighted by molar-refractivity contribution is -0.121. The van der Waals surface area contributed by atoms with E-state index in [1.807, 2.05) is 42.5 Å². The Labute approximate surface area is 126 Å². The van der Waals surface area contributed by atoms with Crippen molar-refractivity contribution in [2.24, 2.45) is 0 Å². The van der Waals surface area contributed by atoms with E-state index in [1.165, 1.54) is 5.56 Å². The van der Waals surface area contributed by atoms with Gasteiger partial charge in [-0.2, -0.15) is 0 Å². The first-order valence-electron chi connectivity index (χ1n) is 7.13. The molecule has 0 heterocycles. The number of ether oxygens (including phenoxy) is 1. The van der Waals surface area contributed by atoms with Crippen molar-refractivity contribution in [3.8, 4) is 5.75 Å². The highest BCUT2D eigenvalue weighted by atomic mass is 16.5. The molecule has 2 rings (SSSR count). The SMILES string of the molecule is COc1ccc(CNC(=O)C[C@H](C)c2ccccc2)cc1. The Bertz CT molecular complexity index is 564. The molecule has 2 aromatic carbocycles. The van der Waals surface area contributed by atoms with Gasteiger partial charge in [-0.1, -0.05) is 49.4 Å². The first-order chi connectivity index (χ1) is 10.2. The van der Waals surface area contributed by atoms with E-state index in [1.54, 1.807) is 7.11 Å². The molecule has 1 amide bonds. The summed E-state index contributed by atoms with van der Waals surface area (Å²) in [4.78, 5) is 12.0. The third kappa shape index (κ3) is 4.63. The predicted octanol–water partition coefficient (Wildman–Crippen LogP) is 3.51. The number of methoxy groups -OCH3 is 1. The zero-order chi connectivity index (χ0) is 15.1. The van der Waals surface area contributed by atoms with Crippen molar-refractivity contribution in [1.29, 1.82) is 0 Å². The second kappa shape index (κ2) is 7.48. The quantitative estimate of drug-likeness (QED) is 0.881. The number of carbonyl (C=O) groups excluding carboxylic acids is 1. The molecule has 0 saturated carbocycles. The third-order valence-electron chi connectivity index (χ3n) is 3.51. The molecule has 1 atom stereocenters. The van der Waals surface area contributed by atoms with Crippen LogP contribution in [-0.2, 0) is 11.3 Å². The van der Waals surface area contributed by atoms with Gasteiger partial charge in [0.05, 0.1) is 7.11 Å². The molecule has 0 aliphatic carbocycles. The Balaban J connectivity index is 1.81. The maximum absolute atomic E-state index is 12.0. The second-order valence-corrected chi connectivity index (χ2v) is 5.14. The van der Waals surface area contributed by atoms with Crippen LogP contribution in [-0.4, -0.2) is 13.0 Å². The minimum Gasteiger partial charge on any atom is -0.497 e. The van der Waals surface area contributed by atoms with Crippen LogP contribution in [0, 0.1) is 0 Å². The highest BCUT2D eigenvalue weighted by Gasteiger charge is 2.10. The Morgan fingerprint density at radius 3 is 2.38 bits per heavy atom. The number of hydrogen-bond acceptors (Lipinski definition) is 2. The molecular formula is C18H21NO2. The molecular weight excluding hydrogens is 262 g/mol. The van der Waals surface area contributed by atoms with Crippen LogP contribution in [0.15, 0.2) is 54.6 Å². The first kappa shape index (κ1) is 15.1. The average Bonchev–Trinajstić information content (AvgIpc) is 2.54. The van der Waals surface area contributed by atoms with Crippen LogP contribution in [0.1, 0.15) is 30.4 Å². The molecule has 0 unspecified atom stereocenters. The summed E-state index contributed by atoms with van der Waals surface area (Å²) in [6.45, 7) is 2.62. The van der Waals surface area contributed by atoms with Crippen LogP contribution in [0.3, 0.4) is 0 Å². The van der Waals surface area contributed by atoms with E-state index in [-0.39, 0.29) is 11.8 Å². The molecule has 21 heavy (non-hydrogen) atoms. The summed E-state index contributed by atoms with van der Waals surface area (Å²) in [6.07, 6.45) is 0.500. The van der Waals surface area contributed by atoms with Crippen LogP contribution < -0.4 is 10.1 Å². The Kier molecular flexibility index (Phi) is 5.38. The fourth-order valence-electron chi connectivity index (χ4n) is 2.19. The largest absolute Gasteiger partial charge is 0.497 e. The Morgan fingerprint density at radius 2 is 1.76 bits per heavy atom. The van der Waals surface area contributed by atoms with Crippen LogP contribution in [0.2, 0.25) is 0 Å². The predicted molar refractivity (Wildman–Crippen MR) is 84.3 cm³/mol. The lowest BCUT2D eigenvalue weighted by atomic mass is 9.97. The van der Waals surface area contributed by atoms with Gasteiger partial charge >= 0.3 is 0 Å². The van der Waals surface area contributed by atoms with Gasteiger partial charge in [0.2, 0.25) is 5.91 Å². The number of amides is 1. The van der Waals surface area contributed by atoms with Crippen LogP contribution in [0.5, 0.6) is 5.75 Å². The van der Waals surface area contributed by atoms with E-state index in [0.29, 0.717) is 13.0 Å². The lowest BCUT2D eigenvalue weighted by Crippen LogP contribution is -2.24. The van der Waals surface area contributed by atoms with Crippen molar-refractivity contribution in [1.82, 2.24) is 5.32 Å². The molecule has 110 valence electrons. The zero-order valence-corrected chi connectivity index (χ0v) is 12.5. The molecule has 0 bridgehead atoms. The highest BCUT2D eigenvalue weighted by Crippen LogP contribution is 2.18. The maximum Gasteiger partial charge on any atom is 0.220 e. The van der Waals surface area contributed by atoms with Crippen molar-refractivity contribution < 1.29 is 9.53 Å². The first-order valence-corrected chi connectivity index (χ1v) is 7.13. The molecule has 0 aliphatic rings. The van der Waals surface area contributed by atoms with Crippen LogP contribution in [0.25, 0.3) is 0 Å². The molecule has 3 heteroatoms. The number of benzene rings is 2. The van der Waals surface area contributed by atoms with Crippen molar-refractivity contribution in [3.63, 3.8) is 0 Å². The van der Waals surface area contributed by atoms with Gasteiger partial charge in [-0.3, -0.25) is 4.79 Å². The van der Waals surface area contributed by atoms with E-state index in [4.69, 9.17) is 4.74 Å². The maximum atomic E-state index is 12.0.